The first-order valence-electron chi connectivity index (χ1n) is 6.51. The molecule has 2 heterocycles. The summed E-state index contributed by atoms with van der Waals surface area (Å²) in [5.74, 6) is 1.31. The first-order chi connectivity index (χ1) is 9.52. The Balaban J connectivity index is 2.14. The van der Waals surface area contributed by atoms with E-state index < -0.39 is 0 Å². The lowest BCUT2D eigenvalue weighted by Gasteiger charge is -2.08. The topological polar surface area (TPSA) is 77.8 Å². The average Bonchev–Trinajstić information content (AvgIpc) is 2.76. The molecule has 1 atom stereocenters. The fraction of sp³-hybridized carbons (Fsp3) is 0.267. The summed E-state index contributed by atoms with van der Waals surface area (Å²) in [7, 11) is 0. The molecule has 3 rings (SSSR count). The van der Waals surface area contributed by atoms with Gasteiger partial charge in [0, 0.05) is 18.2 Å². The van der Waals surface area contributed by atoms with Crippen molar-refractivity contribution in [3.05, 3.63) is 41.7 Å². The van der Waals surface area contributed by atoms with Gasteiger partial charge < -0.3 is 10.2 Å². The number of aromatic nitrogens is 3. The molecular weight excluding hydrogens is 252 g/mol. The second-order valence-corrected chi connectivity index (χ2v) is 4.96. The SMILES string of the molecule is Cc1cc(-c2ccc3nc(C)oc3c2)nc(C(C)N)n1. The van der Waals surface area contributed by atoms with Crippen LogP contribution in [0.25, 0.3) is 22.4 Å². The Bertz CT molecular complexity index is 777. The summed E-state index contributed by atoms with van der Waals surface area (Å²) in [4.78, 5) is 13.2. The standard InChI is InChI=1S/C15H16N4O/c1-8-6-13(19-15(17-8)9(2)16)11-4-5-12-14(7-11)20-10(3)18-12/h4-7,9H,16H2,1-3H3. The number of hydrogen-bond donors (Lipinski definition) is 1. The van der Waals surface area contributed by atoms with E-state index in [0.29, 0.717) is 11.7 Å². The zero-order valence-electron chi connectivity index (χ0n) is 11.7. The molecule has 0 fully saturated rings. The van der Waals surface area contributed by atoms with Gasteiger partial charge in [-0.25, -0.2) is 15.0 Å². The molecule has 0 spiro atoms. The van der Waals surface area contributed by atoms with Crippen molar-refractivity contribution in [2.45, 2.75) is 26.8 Å². The van der Waals surface area contributed by atoms with E-state index in [4.69, 9.17) is 10.2 Å². The summed E-state index contributed by atoms with van der Waals surface area (Å²) in [5, 5.41) is 0. The number of fused-ring (bicyclic) bond motifs is 1. The Hall–Kier alpha value is -2.27. The molecule has 3 aromatic rings. The third-order valence-electron chi connectivity index (χ3n) is 3.07. The maximum Gasteiger partial charge on any atom is 0.192 e. The van der Waals surface area contributed by atoms with Crippen LogP contribution < -0.4 is 5.73 Å². The fourth-order valence-corrected chi connectivity index (χ4v) is 2.14. The normalized spacial score (nSPS) is 12.8. The van der Waals surface area contributed by atoms with Gasteiger partial charge in [0.2, 0.25) is 0 Å². The second kappa shape index (κ2) is 4.68. The quantitative estimate of drug-likeness (QED) is 0.773. The summed E-state index contributed by atoms with van der Waals surface area (Å²) in [5.41, 5.74) is 10.2. The number of benzene rings is 1. The van der Waals surface area contributed by atoms with Crippen molar-refractivity contribution < 1.29 is 4.42 Å². The molecule has 0 aliphatic carbocycles. The lowest BCUT2D eigenvalue weighted by molar-refractivity contribution is 0.561. The summed E-state index contributed by atoms with van der Waals surface area (Å²) in [6.07, 6.45) is 0. The number of nitrogens with zero attached hydrogens (tertiary/aromatic N) is 3. The van der Waals surface area contributed by atoms with Crippen LogP contribution in [-0.2, 0) is 0 Å². The molecule has 1 unspecified atom stereocenters. The van der Waals surface area contributed by atoms with E-state index in [0.717, 1.165) is 28.1 Å². The molecule has 0 aliphatic rings. The van der Waals surface area contributed by atoms with Crippen molar-refractivity contribution in [3.63, 3.8) is 0 Å². The lowest BCUT2D eigenvalue weighted by Crippen LogP contribution is -2.11. The van der Waals surface area contributed by atoms with Gasteiger partial charge in [-0.05, 0) is 32.0 Å². The van der Waals surface area contributed by atoms with E-state index in [-0.39, 0.29) is 6.04 Å². The summed E-state index contributed by atoms with van der Waals surface area (Å²) in [6, 6.07) is 7.62. The predicted molar refractivity (Wildman–Crippen MR) is 77.1 cm³/mol. The molecule has 102 valence electrons. The number of rotatable bonds is 2. The molecule has 0 bridgehead atoms. The smallest absolute Gasteiger partial charge is 0.192 e. The molecule has 2 aromatic heterocycles. The molecule has 0 saturated heterocycles. The van der Waals surface area contributed by atoms with Crippen LogP contribution in [0.15, 0.2) is 28.7 Å². The molecule has 20 heavy (non-hydrogen) atoms. The van der Waals surface area contributed by atoms with E-state index in [1.165, 1.54) is 0 Å². The zero-order valence-corrected chi connectivity index (χ0v) is 11.7. The molecule has 0 aliphatic heterocycles. The Labute approximate surface area is 116 Å². The highest BCUT2D eigenvalue weighted by Gasteiger charge is 2.10. The third kappa shape index (κ3) is 2.28. The fourth-order valence-electron chi connectivity index (χ4n) is 2.14. The van der Waals surface area contributed by atoms with Crippen molar-refractivity contribution in [2.75, 3.05) is 0 Å². The van der Waals surface area contributed by atoms with Gasteiger partial charge in [-0.15, -0.1) is 0 Å². The van der Waals surface area contributed by atoms with E-state index in [9.17, 15) is 0 Å². The van der Waals surface area contributed by atoms with Gasteiger partial charge in [0.25, 0.3) is 0 Å². The van der Waals surface area contributed by atoms with E-state index >= 15 is 0 Å². The van der Waals surface area contributed by atoms with Gasteiger partial charge in [-0.1, -0.05) is 6.07 Å². The molecule has 5 heteroatoms. The number of hydrogen-bond acceptors (Lipinski definition) is 5. The van der Waals surface area contributed by atoms with Crippen LogP contribution >= 0.6 is 0 Å². The highest BCUT2D eigenvalue weighted by molar-refractivity contribution is 5.79. The first-order valence-corrected chi connectivity index (χ1v) is 6.51. The van der Waals surface area contributed by atoms with Gasteiger partial charge >= 0.3 is 0 Å². The van der Waals surface area contributed by atoms with Gasteiger partial charge in [-0.3, -0.25) is 0 Å². The van der Waals surface area contributed by atoms with Crippen molar-refractivity contribution in [3.8, 4) is 11.3 Å². The van der Waals surface area contributed by atoms with Gasteiger partial charge in [0.15, 0.2) is 11.5 Å². The summed E-state index contributed by atoms with van der Waals surface area (Å²) < 4.78 is 5.56. The molecule has 0 saturated carbocycles. The second-order valence-electron chi connectivity index (χ2n) is 4.96. The van der Waals surface area contributed by atoms with Crippen LogP contribution in [-0.4, -0.2) is 15.0 Å². The Morgan fingerprint density at radius 3 is 2.65 bits per heavy atom. The Morgan fingerprint density at radius 1 is 1.10 bits per heavy atom. The van der Waals surface area contributed by atoms with Gasteiger partial charge in [0.1, 0.15) is 11.3 Å². The van der Waals surface area contributed by atoms with Gasteiger partial charge in [0.05, 0.1) is 11.7 Å². The summed E-state index contributed by atoms with van der Waals surface area (Å²) >= 11 is 0. The van der Waals surface area contributed by atoms with Crippen molar-refractivity contribution in [2.24, 2.45) is 5.73 Å². The van der Waals surface area contributed by atoms with E-state index in [1.54, 1.807) is 0 Å². The largest absolute Gasteiger partial charge is 0.441 e. The Morgan fingerprint density at radius 2 is 1.90 bits per heavy atom. The number of oxazole rings is 1. The third-order valence-corrected chi connectivity index (χ3v) is 3.07. The number of aryl methyl sites for hydroxylation is 2. The van der Waals surface area contributed by atoms with Crippen molar-refractivity contribution in [1.82, 2.24) is 15.0 Å². The molecule has 5 nitrogen and oxygen atoms in total. The average molecular weight is 268 g/mol. The molecule has 0 amide bonds. The lowest BCUT2D eigenvalue weighted by atomic mass is 10.1. The highest BCUT2D eigenvalue weighted by atomic mass is 16.3. The minimum Gasteiger partial charge on any atom is -0.441 e. The van der Waals surface area contributed by atoms with Crippen LogP contribution in [0.1, 0.15) is 30.4 Å². The van der Waals surface area contributed by atoms with Crippen molar-refractivity contribution in [1.29, 1.82) is 0 Å². The van der Waals surface area contributed by atoms with Crippen LogP contribution in [0.4, 0.5) is 0 Å². The first kappa shape index (κ1) is 12.7. The highest BCUT2D eigenvalue weighted by Crippen LogP contribution is 2.24. The van der Waals surface area contributed by atoms with E-state index in [1.807, 2.05) is 45.0 Å². The number of nitrogens with two attached hydrogens (primary N) is 1. The molecule has 2 N–H and O–H groups in total. The zero-order chi connectivity index (χ0) is 14.3. The minimum atomic E-state index is -0.190. The monoisotopic (exact) mass is 268 g/mol. The van der Waals surface area contributed by atoms with Crippen molar-refractivity contribution >= 4 is 11.1 Å². The van der Waals surface area contributed by atoms with Crippen LogP contribution in [0, 0.1) is 13.8 Å². The van der Waals surface area contributed by atoms with Gasteiger partial charge in [-0.2, -0.15) is 0 Å². The Kier molecular flexibility index (Phi) is 2.99. The molecular formula is C15H16N4O. The maximum absolute atomic E-state index is 5.87. The summed E-state index contributed by atoms with van der Waals surface area (Å²) in [6.45, 7) is 5.65. The van der Waals surface area contributed by atoms with Crippen LogP contribution in [0.2, 0.25) is 0 Å². The molecule has 0 radical (unpaired) electrons. The minimum absolute atomic E-state index is 0.190. The predicted octanol–water partition coefficient (Wildman–Crippen LogP) is 2.92. The maximum atomic E-state index is 5.87. The van der Waals surface area contributed by atoms with E-state index in [2.05, 4.69) is 15.0 Å². The van der Waals surface area contributed by atoms with Crippen LogP contribution in [0.3, 0.4) is 0 Å². The van der Waals surface area contributed by atoms with Crippen LogP contribution in [0.5, 0.6) is 0 Å². The molecule has 1 aromatic carbocycles.